The number of aromatic nitrogens is 1. The van der Waals surface area contributed by atoms with Crippen LogP contribution in [0, 0.1) is 0 Å². The standard InChI is InChI=1S/C14H16N2O5S/c1-14(8-20-2,6-11(17)18)16-12(19)10-7-15-13(22-10)9-4-3-5-21-9/h3-5,7H,6,8H2,1-2H3,(H,16,19)(H,17,18). The van der Waals surface area contributed by atoms with Crippen molar-refractivity contribution in [2.45, 2.75) is 18.9 Å². The molecule has 0 aliphatic heterocycles. The van der Waals surface area contributed by atoms with Gasteiger partial charge in [-0.25, -0.2) is 4.98 Å². The van der Waals surface area contributed by atoms with Crippen LogP contribution in [-0.4, -0.2) is 41.2 Å². The molecule has 0 fully saturated rings. The summed E-state index contributed by atoms with van der Waals surface area (Å²) < 4.78 is 10.2. The Morgan fingerprint density at radius 1 is 1.55 bits per heavy atom. The number of carbonyl (C=O) groups is 2. The number of aliphatic carboxylic acids is 1. The van der Waals surface area contributed by atoms with Crippen molar-refractivity contribution in [3.63, 3.8) is 0 Å². The lowest BCUT2D eigenvalue weighted by Crippen LogP contribution is -2.50. The molecule has 0 spiro atoms. The van der Waals surface area contributed by atoms with Crippen LogP contribution in [0.5, 0.6) is 0 Å². The first-order valence-electron chi connectivity index (χ1n) is 6.46. The van der Waals surface area contributed by atoms with Gasteiger partial charge in [-0.05, 0) is 19.1 Å². The van der Waals surface area contributed by atoms with E-state index in [0.29, 0.717) is 15.6 Å². The van der Waals surface area contributed by atoms with Crippen LogP contribution in [0.15, 0.2) is 29.0 Å². The van der Waals surface area contributed by atoms with E-state index in [0.717, 1.165) is 0 Å². The molecular weight excluding hydrogens is 308 g/mol. The van der Waals surface area contributed by atoms with Gasteiger partial charge in [0.25, 0.3) is 5.91 Å². The highest BCUT2D eigenvalue weighted by Gasteiger charge is 2.30. The van der Waals surface area contributed by atoms with Crippen molar-refractivity contribution in [3.05, 3.63) is 29.5 Å². The first-order valence-corrected chi connectivity index (χ1v) is 7.28. The molecule has 1 atom stereocenters. The van der Waals surface area contributed by atoms with Gasteiger partial charge in [-0.3, -0.25) is 9.59 Å². The van der Waals surface area contributed by atoms with E-state index >= 15 is 0 Å². The summed E-state index contributed by atoms with van der Waals surface area (Å²) in [5, 5.41) is 12.2. The van der Waals surface area contributed by atoms with E-state index < -0.39 is 17.4 Å². The van der Waals surface area contributed by atoms with E-state index in [-0.39, 0.29) is 13.0 Å². The monoisotopic (exact) mass is 324 g/mol. The Morgan fingerprint density at radius 3 is 2.91 bits per heavy atom. The molecule has 0 saturated heterocycles. The van der Waals surface area contributed by atoms with Gasteiger partial charge >= 0.3 is 5.97 Å². The molecule has 0 aliphatic rings. The Bertz CT molecular complexity index is 652. The predicted octanol–water partition coefficient (Wildman–Crippen LogP) is 2.01. The van der Waals surface area contributed by atoms with Crippen molar-refractivity contribution in [3.8, 4) is 10.8 Å². The third-order valence-corrected chi connectivity index (χ3v) is 3.89. The van der Waals surface area contributed by atoms with Gasteiger partial charge in [0, 0.05) is 7.11 Å². The van der Waals surface area contributed by atoms with Crippen LogP contribution in [0.1, 0.15) is 23.0 Å². The fraction of sp³-hybridized carbons (Fsp3) is 0.357. The number of hydrogen-bond acceptors (Lipinski definition) is 6. The third-order valence-electron chi connectivity index (χ3n) is 2.88. The highest BCUT2D eigenvalue weighted by atomic mass is 32.1. The lowest BCUT2D eigenvalue weighted by Gasteiger charge is -2.28. The second-order valence-corrected chi connectivity index (χ2v) is 6.06. The molecule has 0 aromatic carbocycles. The number of rotatable bonds is 7. The average Bonchev–Trinajstić information content (AvgIpc) is 3.09. The number of carboxylic acids is 1. The highest BCUT2D eigenvalue weighted by Crippen LogP contribution is 2.25. The Hall–Kier alpha value is -2.19. The van der Waals surface area contributed by atoms with Crippen molar-refractivity contribution in [2.24, 2.45) is 0 Å². The summed E-state index contributed by atoms with van der Waals surface area (Å²) in [6, 6.07) is 3.49. The van der Waals surface area contributed by atoms with Gasteiger partial charge in [0.15, 0.2) is 10.8 Å². The number of carboxylic acid groups (broad SMARTS) is 1. The summed E-state index contributed by atoms with van der Waals surface area (Å²) in [4.78, 5) is 27.7. The van der Waals surface area contributed by atoms with Gasteiger partial charge in [0.2, 0.25) is 0 Å². The fourth-order valence-electron chi connectivity index (χ4n) is 2.01. The second-order valence-electron chi connectivity index (χ2n) is 5.03. The Morgan fingerprint density at radius 2 is 2.32 bits per heavy atom. The average molecular weight is 324 g/mol. The van der Waals surface area contributed by atoms with Crippen LogP contribution in [-0.2, 0) is 9.53 Å². The zero-order valence-electron chi connectivity index (χ0n) is 12.2. The summed E-state index contributed by atoms with van der Waals surface area (Å²) in [5.41, 5.74) is -0.994. The molecule has 0 saturated carbocycles. The summed E-state index contributed by atoms with van der Waals surface area (Å²) >= 11 is 1.17. The van der Waals surface area contributed by atoms with E-state index in [1.54, 1.807) is 19.1 Å². The normalized spacial score (nSPS) is 13.5. The van der Waals surface area contributed by atoms with E-state index in [2.05, 4.69) is 10.3 Å². The van der Waals surface area contributed by atoms with Crippen molar-refractivity contribution in [1.82, 2.24) is 10.3 Å². The van der Waals surface area contributed by atoms with Crippen LogP contribution in [0.3, 0.4) is 0 Å². The van der Waals surface area contributed by atoms with Crippen LogP contribution < -0.4 is 5.32 Å². The summed E-state index contributed by atoms with van der Waals surface area (Å²) in [6.45, 7) is 1.71. The van der Waals surface area contributed by atoms with Crippen molar-refractivity contribution < 1.29 is 23.8 Å². The minimum absolute atomic E-state index is 0.0921. The third kappa shape index (κ3) is 3.92. The molecule has 0 aliphatic carbocycles. The van der Waals surface area contributed by atoms with Crippen LogP contribution >= 0.6 is 11.3 Å². The number of carbonyl (C=O) groups excluding carboxylic acids is 1. The maximum atomic E-state index is 12.3. The van der Waals surface area contributed by atoms with Gasteiger partial charge in [0.1, 0.15) is 4.88 Å². The number of nitrogens with zero attached hydrogens (tertiary/aromatic N) is 1. The summed E-state index contributed by atoms with van der Waals surface area (Å²) in [5.74, 6) is -0.828. The lowest BCUT2D eigenvalue weighted by molar-refractivity contribution is -0.139. The summed E-state index contributed by atoms with van der Waals surface area (Å²) in [7, 11) is 1.45. The zero-order chi connectivity index (χ0) is 16.2. The maximum Gasteiger partial charge on any atom is 0.305 e. The van der Waals surface area contributed by atoms with Crippen molar-refractivity contribution in [2.75, 3.05) is 13.7 Å². The quantitative estimate of drug-likeness (QED) is 0.808. The molecule has 1 unspecified atom stereocenters. The van der Waals surface area contributed by atoms with E-state index in [9.17, 15) is 9.59 Å². The molecule has 0 bridgehead atoms. The van der Waals surface area contributed by atoms with Gasteiger partial charge in [-0.1, -0.05) is 0 Å². The van der Waals surface area contributed by atoms with E-state index in [4.69, 9.17) is 14.3 Å². The Balaban J connectivity index is 2.12. The number of ether oxygens (including phenoxy) is 1. The minimum atomic E-state index is -1.01. The summed E-state index contributed by atoms with van der Waals surface area (Å²) in [6.07, 6.45) is 2.72. The molecule has 2 N–H and O–H groups in total. The topological polar surface area (TPSA) is 102 Å². The molecule has 118 valence electrons. The van der Waals surface area contributed by atoms with E-state index in [1.807, 2.05) is 0 Å². The molecule has 0 radical (unpaired) electrons. The number of amides is 1. The van der Waals surface area contributed by atoms with Crippen molar-refractivity contribution >= 4 is 23.2 Å². The molecule has 2 aromatic rings. The number of methoxy groups -OCH3 is 1. The Kier molecular flexibility index (Phi) is 4.94. The lowest BCUT2D eigenvalue weighted by atomic mass is 9.99. The number of nitrogens with one attached hydrogen (secondary N) is 1. The fourth-order valence-corrected chi connectivity index (χ4v) is 2.79. The zero-order valence-corrected chi connectivity index (χ0v) is 13.0. The minimum Gasteiger partial charge on any atom is -0.481 e. The molecule has 1 amide bonds. The molecule has 2 rings (SSSR count). The number of thiazole rings is 1. The maximum absolute atomic E-state index is 12.3. The molecule has 7 nitrogen and oxygen atoms in total. The molecule has 22 heavy (non-hydrogen) atoms. The second kappa shape index (κ2) is 6.71. The smallest absolute Gasteiger partial charge is 0.305 e. The van der Waals surface area contributed by atoms with Crippen LogP contribution in [0.2, 0.25) is 0 Å². The predicted molar refractivity (Wildman–Crippen MR) is 79.8 cm³/mol. The van der Waals surface area contributed by atoms with Gasteiger partial charge in [-0.2, -0.15) is 0 Å². The van der Waals surface area contributed by atoms with Crippen LogP contribution in [0.4, 0.5) is 0 Å². The first-order chi connectivity index (χ1) is 10.4. The van der Waals surface area contributed by atoms with Gasteiger partial charge < -0.3 is 19.6 Å². The molecule has 8 heteroatoms. The SMILES string of the molecule is COCC(C)(CC(=O)O)NC(=O)c1cnc(-c2ccco2)s1. The highest BCUT2D eigenvalue weighted by molar-refractivity contribution is 7.16. The number of hydrogen-bond donors (Lipinski definition) is 2. The Labute approximate surface area is 130 Å². The number of furan rings is 1. The molecule has 2 aromatic heterocycles. The molecule has 2 heterocycles. The first kappa shape index (κ1) is 16.2. The largest absolute Gasteiger partial charge is 0.481 e. The van der Waals surface area contributed by atoms with Gasteiger partial charge in [-0.15, -0.1) is 11.3 Å². The van der Waals surface area contributed by atoms with E-state index in [1.165, 1.54) is 30.9 Å². The van der Waals surface area contributed by atoms with Crippen molar-refractivity contribution in [1.29, 1.82) is 0 Å². The molecular formula is C14H16N2O5S. The van der Waals surface area contributed by atoms with Crippen LogP contribution in [0.25, 0.3) is 10.8 Å². The van der Waals surface area contributed by atoms with Gasteiger partial charge in [0.05, 0.1) is 31.0 Å².